The normalized spacial score (nSPS) is 12.1. The van der Waals surface area contributed by atoms with E-state index < -0.39 is 5.92 Å². The van der Waals surface area contributed by atoms with E-state index in [1.807, 2.05) is 13.8 Å². The van der Waals surface area contributed by atoms with Crippen LogP contribution in [0.25, 0.3) is 0 Å². The van der Waals surface area contributed by atoms with Crippen molar-refractivity contribution < 1.29 is 19.4 Å². The predicted molar refractivity (Wildman–Crippen MR) is 73.6 cm³/mol. The van der Waals surface area contributed by atoms with Crippen molar-refractivity contribution in [2.75, 3.05) is 26.1 Å². The molecule has 0 radical (unpaired) electrons. The number of rotatable bonds is 6. The molecule has 0 aromatic heterocycles. The molecule has 1 atom stereocenters. The van der Waals surface area contributed by atoms with E-state index >= 15 is 0 Å². The molecule has 5 heteroatoms. The van der Waals surface area contributed by atoms with E-state index in [1.54, 1.807) is 25.3 Å². The lowest BCUT2D eigenvalue weighted by Crippen LogP contribution is -2.29. The zero-order valence-corrected chi connectivity index (χ0v) is 11.8. The highest BCUT2D eigenvalue weighted by Gasteiger charge is 2.21. The molecule has 19 heavy (non-hydrogen) atoms. The number of aliphatic hydroxyl groups excluding tert-OH is 1. The van der Waals surface area contributed by atoms with Crippen LogP contribution < -0.4 is 14.8 Å². The van der Waals surface area contributed by atoms with Gasteiger partial charge in [-0.2, -0.15) is 0 Å². The topological polar surface area (TPSA) is 67.8 Å². The van der Waals surface area contributed by atoms with Crippen LogP contribution in [0, 0.1) is 11.8 Å². The van der Waals surface area contributed by atoms with Gasteiger partial charge in [-0.05, 0) is 18.1 Å². The van der Waals surface area contributed by atoms with Crippen molar-refractivity contribution >= 4 is 11.6 Å². The average molecular weight is 267 g/mol. The molecular weight excluding hydrogens is 246 g/mol. The number of aliphatic hydroxyl groups is 1. The van der Waals surface area contributed by atoms with Crippen LogP contribution >= 0.6 is 0 Å². The van der Waals surface area contributed by atoms with E-state index in [2.05, 4.69) is 5.32 Å². The minimum Gasteiger partial charge on any atom is -0.493 e. The van der Waals surface area contributed by atoms with Gasteiger partial charge in [-0.15, -0.1) is 0 Å². The highest BCUT2D eigenvalue weighted by Crippen LogP contribution is 2.30. The van der Waals surface area contributed by atoms with Crippen molar-refractivity contribution in [1.82, 2.24) is 0 Å². The summed E-state index contributed by atoms with van der Waals surface area (Å²) in [6.45, 7) is 3.63. The van der Waals surface area contributed by atoms with Crippen molar-refractivity contribution in [3.05, 3.63) is 18.2 Å². The highest BCUT2D eigenvalue weighted by molar-refractivity contribution is 5.93. The summed E-state index contributed by atoms with van der Waals surface area (Å²) in [6.07, 6.45) is 0. The van der Waals surface area contributed by atoms with Crippen molar-refractivity contribution in [2.45, 2.75) is 13.8 Å². The van der Waals surface area contributed by atoms with E-state index in [0.717, 1.165) is 0 Å². The number of anilines is 1. The number of carbonyl (C=O) groups excluding carboxylic acids is 1. The zero-order valence-electron chi connectivity index (χ0n) is 11.8. The van der Waals surface area contributed by atoms with Gasteiger partial charge in [0.05, 0.1) is 26.7 Å². The van der Waals surface area contributed by atoms with Gasteiger partial charge >= 0.3 is 0 Å². The summed E-state index contributed by atoms with van der Waals surface area (Å²) in [5.41, 5.74) is 0.613. The molecule has 2 N–H and O–H groups in total. The number of carbonyl (C=O) groups is 1. The second kappa shape index (κ2) is 6.99. The number of nitrogens with one attached hydrogen (secondary N) is 1. The summed E-state index contributed by atoms with van der Waals surface area (Å²) in [4.78, 5) is 12.0. The maximum absolute atomic E-state index is 12.0. The summed E-state index contributed by atoms with van der Waals surface area (Å²) < 4.78 is 10.3. The third kappa shape index (κ3) is 3.86. The van der Waals surface area contributed by atoms with E-state index in [0.29, 0.717) is 17.2 Å². The van der Waals surface area contributed by atoms with Gasteiger partial charge in [0.15, 0.2) is 11.5 Å². The van der Waals surface area contributed by atoms with Crippen molar-refractivity contribution in [2.24, 2.45) is 11.8 Å². The Kier molecular flexibility index (Phi) is 5.63. The molecule has 0 aliphatic heterocycles. The first kappa shape index (κ1) is 15.3. The smallest absolute Gasteiger partial charge is 0.230 e. The van der Waals surface area contributed by atoms with Crippen LogP contribution in [0.5, 0.6) is 11.5 Å². The first-order valence-electron chi connectivity index (χ1n) is 6.17. The standard InChI is InChI=1S/C14H21NO4/c1-9(2)11(8-16)14(17)15-10-5-6-12(18-3)13(7-10)19-4/h5-7,9,11,16H,8H2,1-4H3,(H,15,17). The van der Waals surface area contributed by atoms with Gasteiger partial charge in [0.25, 0.3) is 0 Å². The zero-order chi connectivity index (χ0) is 14.4. The fraction of sp³-hybridized carbons (Fsp3) is 0.500. The Hall–Kier alpha value is -1.75. The van der Waals surface area contributed by atoms with Crippen LogP contribution in [0.15, 0.2) is 18.2 Å². The first-order chi connectivity index (χ1) is 9.03. The van der Waals surface area contributed by atoms with Crippen molar-refractivity contribution in [3.8, 4) is 11.5 Å². The Morgan fingerprint density at radius 3 is 2.37 bits per heavy atom. The van der Waals surface area contributed by atoms with E-state index in [-0.39, 0.29) is 18.4 Å². The fourth-order valence-corrected chi connectivity index (χ4v) is 1.75. The molecule has 106 valence electrons. The van der Waals surface area contributed by atoms with Gasteiger partial charge in [-0.1, -0.05) is 13.8 Å². The Balaban J connectivity index is 2.85. The summed E-state index contributed by atoms with van der Waals surface area (Å²) in [5.74, 6) is 0.594. The minimum absolute atomic E-state index is 0.0742. The first-order valence-corrected chi connectivity index (χ1v) is 6.17. The molecule has 5 nitrogen and oxygen atoms in total. The number of methoxy groups -OCH3 is 2. The third-order valence-electron chi connectivity index (χ3n) is 2.99. The lowest BCUT2D eigenvalue weighted by Gasteiger charge is -2.18. The third-order valence-corrected chi connectivity index (χ3v) is 2.99. The van der Waals surface area contributed by atoms with E-state index in [1.165, 1.54) is 7.11 Å². The van der Waals surface area contributed by atoms with Crippen LogP contribution in [0.1, 0.15) is 13.8 Å². The summed E-state index contributed by atoms with van der Waals surface area (Å²) in [5, 5.41) is 12.0. The average Bonchev–Trinajstić information content (AvgIpc) is 2.38. The van der Waals surface area contributed by atoms with Gasteiger partial charge in [-0.25, -0.2) is 0 Å². The van der Waals surface area contributed by atoms with Gasteiger partial charge < -0.3 is 19.9 Å². The molecule has 0 saturated carbocycles. The van der Waals surface area contributed by atoms with Crippen LogP contribution in [-0.4, -0.2) is 31.8 Å². The Bertz CT molecular complexity index is 431. The Morgan fingerprint density at radius 2 is 1.89 bits per heavy atom. The monoisotopic (exact) mass is 267 g/mol. The molecule has 1 unspecified atom stereocenters. The molecule has 1 aromatic carbocycles. The second-order valence-corrected chi connectivity index (χ2v) is 4.59. The van der Waals surface area contributed by atoms with Crippen LogP contribution in [0.3, 0.4) is 0 Å². The minimum atomic E-state index is -0.423. The van der Waals surface area contributed by atoms with Crippen molar-refractivity contribution in [3.63, 3.8) is 0 Å². The van der Waals surface area contributed by atoms with Gasteiger partial charge in [-0.3, -0.25) is 4.79 Å². The number of hydrogen-bond acceptors (Lipinski definition) is 4. The number of ether oxygens (including phenoxy) is 2. The van der Waals surface area contributed by atoms with Gasteiger partial charge in [0.1, 0.15) is 0 Å². The molecule has 1 rings (SSSR count). The fourth-order valence-electron chi connectivity index (χ4n) is 1.75. The molecule has 0 aliphatic rings. The van der Waals surface area contributed by atoms with Crippen LogP contribution in [0.2, 0.25) is 0 Å². The molecule has 0 spiro atoms. The quantitative estimate of drug-likeness (QED) is 0.826. The van der Waals surface area contributed by atoms with Gasteiger partial charge in [0.2, 0.25) is 5.91 Å². The Labute approximate surface area is 113 Å². The number of benzene rings is 1. The van der Waals surface area contributed by atoms with Crippen LogP contribution in [0.4, 0.5) is 5.69 Å². The number of amides is 1. The largest absolute Gasteiger partial charge is 0.493 e. The van der Waals surface area contributed by atoms with E-state index in [9.17, 15) is 9.90 Å². The highest BCUT2D eigenvalue weighted by atomic mass is 16.5. The SMILES string of the molecule is COc1ccc(NC(=O)C(CO)C(C)C)cc1OC. The molecule has 1 amide bonds. The lowest BCUT2D eigenvalue weighted by atomic mass is 9.96. The Morgan fingerprint density at radius 1 is 1.26 bits per heavy atom. The molecule has 0 fully saturated rings. The summed E-state index contributed by atoms with van der Waals surface area (Å²) >= 11 is 0. The predicted octanol–water partition coefficient (Wildman–Crippen LogP) is 1.91. The van der Waals surface area contributed by atoms with Crippen molar-refractivity contribution in [1.29, 1.82) is 0 Å². The molecule has 1 aromatic rings. The maximum Gasteiger partial charge on any atom is 0.230 e. The molecular formula is C14H21NO4. The second-order valence-electron chi connectivity index (χ2n) is 4.59. The molecule has 0 heterocycles. The summed E-state index contributed by atoms with van der Waals surface area (Å²) in [7, 11) is 3.09. The molecule has 0 saturated heterocycles. The van der Waals surface area contributed by atoms with Gasteiger partial charge in [0, 0.05) is 11.8 Å². The molecule has 0 bridgehead atoms. The maximum atomic E-state index is 12.0. The van der Waals surface area contributed by atoms with E-state index in [4.69, 9.17) is 9.47 Å². The number of hydrogen-bond donors (Lipinski definition) is 2. The molecule has 0 aliphatic carbocycles. The summed E-state index contributed by atoms with van der Waals surface area (Å²) in [6, 6.07) is 5.14. The lowest BCUT2D eigenvalue weighted by molar-refractivity contribution is -0.122. The van der Waals surface area contributed by atoms with Crippen LogP contribution in [-0.2, 0) is 4.79 Å².